The molecule has 2 aromatic heterocycles. The van der Waals surface area contributed by atoms with E-state index < -0.39 is 11.9 Å². The number of carbonyl (C=O) groups is 2. The van der Waals surface area contributed by atoms with E-state index in [1.165, 1.54) is 4.68 Å². The van der Waals surface area contributed by atoms with E-state index in [1.807, 2.05) is 4.90 Å². The van der Waals surface area contributed by atoms with Gasteiger partial charge in [-0.25, -0.2) is 18.3 Å². The monoisotopic (exact) mass is 477 g/mol. The number of hydrogen-bond acceptors (Lipinski definition) is 8. The number of amides is 1. The number of nitrogens with one attached hydrogen (secondary N) is 1. The summed E-state index contributed by atoms with van der Waals surface area (Å²) in [6.45, 7) is 5.85. The standard InChI is InChI=1S/C22H29F2N7O3/c1-3-34-20(33)17-6-9-31(28-17)19-14-18(30-12-10-29(11-13-30)15(2)32)26-21(27-19)25-16-4-7-22(23,24)8-5-16/h6,9,14,16H,3-5,7-8,10-13H2,1-2H3,(H,25,26,27). The average Bonchev–Trinajstić information content (AvgIpc) is 3.31. The van der Waals surface area contributed by atoms with Crippen molar-refractivity contribution in [1.82, 2.24) is 24.6 Å². The third-order valence-electron chi connectivity index (χ3n) is 6.11. The minimum Gasteiger partial charge on any atom is -0.461 e. The zero-order valence-electron chi connectivity index (χ0n) is 19.3. The molecule has 0 aromatic carbocycles. The minimum absolute atomic E-state index is 0.0301. The predicted molar refractivity (Wildman–Crippen MR) is 120 cm³/mol. The molecule has 34 heavy (non-hydrogen) atoms. The van der Waals surface area contributed by atoms with Gasteiger partial charge >= 0.3 is 5.97 Å². The fourth-order valence-corrected chi connectivity index (χ4v) is 4.15. The van der Waals surface area contributed by atoms with Crippen molar-refractivity contribution in [3.63, 3.8) is 0 Å². The van der Waals surface area contributed by atoms with Crippen LogP contribution in [0, 0.1) is 0 Å². The average molecular weight is 478 g/mol. The highest BCUT2D eigenvalue weighted by atomic mass is 19.3. The smallest absolute Gasteiger partial charge is 0.358 e. The fraction of sp³-hybridized carbons (Fsp3) is 0.591. The lowest BCUT2D eigenvalue weighted by molar-refractivity contribution is -0.129. The molecule has 2 aliphatic rings. The van der Waals surface area contributed by atoms with Crippen molar-refractivity contribution in [2.45, 2.75) is 51.5 Å². The number of aromatic nitrogens is 4. The molecule has 184 valence electrons. The van der Waals surface area contributed by atoms with Crippen LogP contribution < -0.4 is 10.2 Å². The summed E-state index contributed by atoms with van der Waals surface area (Å²) in [5.41, 5.74) is 0.154. The number of piperazine rings is 1. The number of carbonyl (C=O) groups excluding carboxylic acids is 2. The molecule has 0 atom stereocenters. The topological polar surface area (TPSA) is 105 Å². The highest BCUT2D eigenvalue weighted by Gasteiger charge is 2.35. The molecule has 1 saturated carbocycles. The van der Waals surface area contributed by atoms with Crippen LogP contribution in [0.5, 0.6) is 0 Å². The summed E-state index contributed by atoms with van der Waals surface area (Å²) >= 11 is 0. The van der Waals surface area contributed by atoms with Gasteiger partial charge in [-0.3, -0.25) is 4.79 Å². The SMILES string of the molecule is CCOC(=O)c1ccn(-c2cc(N3CCN(C(C)=O)CC3)nc(NC3CCC(F)(F)CC3)n2)n1. The van der Waals surface area contributed by atoms with Crippen molar-refractivity contribution in [1.29, 1.82) is 0 Å². The van der Waals surface area contributed by atoms with Crippen LogP contribution in [0.15, 0.2) is 18.3 Å². The first-order chi connectivity index (χ1) is 16.2. The van der Waals surface area contributed by atoms with Gasteiger partial charge in [0, 0.05) is 64.2 Å². The molecule has 1 N–H and O–H groups in total. The lowest BCUT2D eigenvalue weighted by atomic mass is 9.92. The maximum absolute atomic E-state index is 13.6. The molecule has 3 heterocycles. The molecule has 10 nitrogen and oxygen atoms in total. The van der Waals surface area contributed by atoms with Gasteiger partial charge in [-0.15, -0.1) is 0 Å². The molecular formula is C22H29F2N7O3. The van der Waals surface area contributed by atoms with Gasteiger partial charge in [-0.05, 0) is 25.8 Å². The Kier molecular flexibility index (Phi) is 6.94. The quantitative estimate of drug-likeness (QED) is 0.633. The number of anilines is 2. The van der Waals surface area contributed by atoms with Gasteiger partial charge in [0.05, 0.1) is 6.61 Å². The lowest BCUT2D eigenvalue weighted by Gasteiger charge is -2.35. The van der Waals surface area contributed by atoms with Gasteiger partial charge in [0.15, 0.2) is 11.5 Å². The number of halogens is 2. The first-order valence-electron chi connectivity index (χ1n) is 11.5. The van der Waals surface area contributed by atoms with Gasteiger partial charge < -0.3 is 19.9 Å². The summed E-state index contributed by atoms with van der Waals surface area (Å²) in [5.74, 6) is -1.76. The van der Waals surface area contributed by atoms with E-state index in [2.05, 4.69) is 20.4 Å². The second-order valence-electron chi connectivity index (χ2n) is 8.54. The molecule has 2 fully saturated rings. The van der Waals surface area contributed by atoms with Crippen LogP contribution in [0.3, 0.4) is 0 Å². The number of esters is 1. The van der Waals surface area contributed by atoms with Gasteiger partial charge in [-0.2, -0.15) is 15.1 Å². The first kappa shape index (κ1) is 23.8. The fourth-order valence-electron chi connectivity index (χ4n) is 4.15. The second kappa shape index (κ2) is 9.90. The van der Waals surface area contributed by atoms with Gasteiger partial charge in [0.2, 0.25) is 17.8 Å². The molecule has 0 unspecified atom stereocenters. The third kappa shape index (κ3) is 5.60. The molecular weight excluding hydrogens is 448 g/mol. The molecule has 12 heteroatoms. The number of alkyl halides is 2. The van der Waals surface area contributed by atoms with Gasteiger partial charge in [-0.1, -0.05) is 0 Å². The summed E-state index contributed by atoms with van der Waals surface area (Å²) < 4.78 is 33.6. The lowest BCUT2D eigenvalue weighted by Crippen LogP contribution is -2.48. The van der Waals surface area contributed by atoms with Crippen LogP contribution in [0.2, 0.25) is 0 Å². The summed E-state index contributed by atoms with van der Waals surface area (Å²) in [7, 11) is 0. The molecule has 1 aliphatic heterocycles. The highest BCUT2D eigenvalue weighted by molar-refractivity contribution is 5.87. The van der Waals surface area contributed by atoms with Crippen molar-refractivity contribution in [3.05, 3.63) is 24.0 Å². The summed E-state index contributed by atoms with van der Waals surface area (Å²) in [5, 5.41) is 7.49. The van der Waals surface area contributed by atoms with E-state index in [4.69, 9.17) is 4.74 Å². The van der Waals surface area contributed by atoms with E-state index in [9.17, 15) is 18.4 Å². The molecule has 0 spiro atoms. The molecule has 4 rings (SSSR count). The Morgan fingerprint density at radius 3 is 2.47 bits per heavy atom. The van der Waals surface area contributed by atoms with E-state index in [0.717, 1.165) is 0 Å². The van der Waals surface area contributed by atoms with Crippen LogP contribution in [-0.2, 0) is 9.53 Å². The Morgan fingerprint density at radius 1 is 1.15 bits per heavy atom. The maximum atomic E-state index is 13.6. The molecule has 1 aliphatic carbocycles. The number of hydrogen-bond donors (Lipinski definition) is 1. The van der Waals surface area contributed by atoms with Crippen molar-refractivity contribution >= 4 is 23.6 Å². The van der Waals surface area contributed by atoms with Crippen molar-refractivity contribution in [3.8, 4) is 5.82 Å². The first-order valence-corrected chi connectivity index (χ1v) is 11.5. The van der Waals surface area contributed by atoms with Gasteiger partial charge in [0.25, 0.3) is 0 Å². The predicted octanol–water partition coefficient (Wildman–Crippen LogP) is 2.50. The zero-order chi connectivity index (χ0) is 24.3. The van der Waals surface area contributed by atoms with Crippen LogP contribution in [0.4, 0.5) is 20.5 Å². The Balaban J connectivity index is 1.59. The summed E-state index contributed by atoms with van der Waals surface area (Å²) in [6, 6.07) is 3.14. The van der Waals surface area contributed by atoms with Crippen LogP contribution >= 0.6 is 0 Å². The Hall–Kier alpha value is -3.31. The molecule has 1 saturated heterocycles. The van der Waals surface area contributed by atoms with Crippen molar-refractivity contribution < 1.29 is 23.1 Å². The number of rotatable bonds is 6. The second-order valence-corrected chi connectivity index (χ2v) is 8.54. The molecule has 0 bridgehead atoms. The van der Waals surface area contributed by atoms with E-state index in [0.29, 0.717) is 56.6 Å². The Morgan fingerprint density at radius 2 is 1.82 bits per heavy atom. The Bertz CT molecular complexity index is 1030. The number of ether oxygens (including phenoxy) is 1. The van der Waals surface area contributed by atoms with Crippen LogP contribution in [0.1, 0.15) is 50.0 Å². The zero-order valence-corrected chi connectivity index (χ0v) is 19.3. The number of nitrogens with zero attached hydrogens (tertiary/aromatic N) is 6. The van der Waals surface area contributed by atoms with Gasteiger partial charge in [0.1, 0.15) is 5.82 Å². The van der Waals surface area contributed by atoms with E-state index >= 15 is 0 Å². The molecule has 2 aromatic rings. The van der Waals surface area contributed by atoms with Crippen LogP contribution in [0.25, 0.3) is 5.82 Å². The largest absolute Gasteiger partial charge is 0.461 e. The third-order valence-corrected chi connectivity index (χ3v) is 6.11. The van der Waals surface area contributed by atoms with E-state index in [-0.39, 0.29) is 37.1 Å². The summed E-state index contributed by atoms with van der Waals surface area (Å²) in [6.07, 6.45) is 1.90. The Labute approximate surface area is 196 Å². The molecule has 1 amide bonds. The van der Waals surface area contributed by atoms with Crippen molar-refractivity contribution in [2.75, 3.05) is 43.0 Å². The highest BCUT2D eigenvalue weighted by Crippen LogP contribution is 2.34. The van der Waals surface area contributed by atoms with E-state index in [1.54, 1.807) is 37.1 Å². The molecule has 0 radical (unpaired) electrons. The summed E-state index contributed by atoms with van der Waals surface area (Å²) in [4.78, 5) is 36.7. The van der Waals surface area contributed by atoms with Crippen molar-refractivity contribution in [2.24, 2.45) is 0 Å². The normalized spacial score (nSPS) is 18.6. The minimum atomic E-state index is -2.62. The van der Waals surface area contributed by atoms with Crippen LogP contribution in [-0.4, -0.2) is 81.3 Å². The maximum Gasteiger partial charge on any atom is 0.358 e.